The van der Waals surface area contributed by atoms with Gasteiger partial charge in [0, 0.05) is 26.2 Å². The Morgan fingerprint density at radius 2 is 1.93 bits per heavy atom. The number of amides is 1. The first-order valence-electron chi connectivity index (χ1n) is 8.50. The third kappa shape index (κ3) is 3.85. The number of nitrogens with zero attached hydrogens (tertiary/aromatic N) is 5. The second kappa shape index (κ2) is 7.63. The molecule has 1 aliphatic heterocycles. The fourth-order valence-electron chi connectivity index (χ4n) is 2.85. The van der Waals surface area contributed by atoms with Crippen LogP contribution in [-0.2, 0) is 0 Å². The van der Waals surface area contributed by atoms with Gasteiger partial charge in [-0.25, -0.2) is 0 Å². The van der Waals surface area contributed by atoms with Crippen molar-refractivity contribution < 1.29 is 9.21 Å². The number of para-hydroxylation sites is 1. The lowest BCUT2D eigenvalue weighted by molar-refractivity contribution is 0.0714. The summed E-state index contributed by atoms with van der Waals surface area (Å²) in [5, 5.41) is 11.9. The van der Waals surface area contributed by atoms with Gasteiger partial charge in [0.1, 0.15) is 0 Å². The van der Waals surface area contributed by atoms with Gasteiger partial charge in [-0.15, -0.1) is 5.10 Å². The Kier molecular flexibility index (Phi) is 4.88. The Morgan fingerprint density at radius 3 is 2.67 bits per heavy atom. The average Bonchev–Trinajstić information content (AvgIpc) is 3.24. The lowest BCUT2D eigenvalue weighted by Crippen LogP contribution is -2.49. The number of carbonyl (C=O) groups excluding carboxylic acids is 1. The fourth-order valence-corrected chi connectivity index (χ4v) is 3.04. The summed E-state index contributed by atoms with van der Waals surface area (Å²) in [6.07, 6.45) is 3.05. The maximum absolute atomic E-state index is 12.3. The third-order valence-electron chi connectivity index (χ3n) is 4.27. The number of piperazine rings is 1. The second-order valence-corrected chi connectivity index (χ2v) is 6.41. The first-order valence-corrected chi connectivity index (χ1v) is 8.87. The van der Waals surface area contributed by atoms with Crippen LogP contribution >= 0.6 is 11.6 Å². The molecule has 1 aliphatic rings. The lowest BCUT2D eigenvalue weighted by atomic mass is 10.3. The molecule has 0 unspecified atom stereocenters. The maximum atomic E-state index is 12.3. The molecule has 1 fully saturated rings. The minimum absolute atomic E-state index is 0.104. The molecule has 8 nitrogen and oxygen atoms in total. The van der Waals surface area contributed by atoms with Crippen molar-refractivity contribution in [3.8, 4) is 0 Å². The molecule has 27 heavy (non-hydrogen) atoms. The smallest absolute Gasteiger partial charge is 0.289 e. The highest BCUT2D eigenvalue weighted by molar-refractivity contribution is 6.33. The summed E-state index contributed by atoms with van der Waals surface area (Å²) in [5.41, 5.74) is 0.750. The minimum atomic E-state index is -0.104. The zero-order valence-corrected chi connectivity index (χ0v) is 15.1. The number of rotatable bonds is 4. The summed E-state index contributed by atoms with van der Waals surface area (Å²) < 4.78 is 5.18. The summed E-state index contributed by atoms with van der Waals surface area (Å²) in [5.74, 6) is 1.32. The van der Waals surface area contributed by atoms with Crippen LogP contribution in [0.4, 0.5) is 17.5 Å². The molecule has 0 aliphatic carbocycles. The van der Waals surface area contributed by atoms with E-state index in [-0.39, 0.29) is 5.91 Å². The van der Waals surface area contributed by atoms with Crippen molar-refractivity contribution in [3.05, 3.63) is 59.6 Å². The lowest BCUT2D eigenvalue weighted by Gasteiger charge is -2.34. The zero-order valence-electron chi connectivity index (χ0n) is 14.4. The monoisotopic (exact) mass is 384 g/mol. The van der Waals surface area contributed by atoms with Gasteiger partial charge in [0.15, 0.2) is 11.6 Å². The average molecular weight is 385 g/mol. The van der Waals surface area contributed by atoms with Gasteiger partial charge in [0.05, 0.1) is 23.2 Å². The molecule has 138 valence electrons. The van der Waals surface area contributed by atoms with Gasteiger partial charge in [-0.2, -0.15) is 10.1 Å². The van der Waals surface area contributed by atoms with Crippen LogP contribution in [-0.4, -0.2) is 52.2 Å². The SMILES string of the molecule is O=C(c1ccco1)N1CCN(c2nncc(Nc3ccccc3Cl)n2)CC1. The molecular formula is C18H17ClN6O2. The van der Waals surface area contributed by atoms with Crippen molar-refractivity contribution in [2.45, 2.75) is 0 Å². The van der Waals surface area contributed by atoms with Crippen LogP contribution < -0.4 is 10.2 Å². The topological polar surface area (TPSA) is 87.4 Å². The molecule has 0 bridgehead atoms. The molecule has 1 aromatic carbocycles. The Bertz CT molecular complexity index is 925. The summed E-state index contributed by atoms with van der Waals surface area (Å²) in [4.78, 5) is 20.6. The van der Waals surface area contributed by atoms with Crippen molar-refractivity contribution in [2.75, 3.05) is 36.4 Å². The predicted octanol–water partition coefficient (Wildman–Crippen LogP) is 2.82. The molecule has 3 heterocycles. The van der Waals surface area contributed by atoms with Crippen molar-refractivity contribution >= 4 is 35.0 Å². The fraction of sp³-hybridized carbons (Fsp3) is 0.222. The number of furan rings is 1. The van der Waals surface area contributed by atoms with Crippen LogP contribution in [0.2, 0.25) is 5.02 Å². The number of hydrogen-bond donors (Lipinski definition) is 1. The van der Waals surface area contributed by atoms with E-state index >= 15 is 0 Å². The van der Waals surface area contributed by atoms with Gasteiger partial charge < -0.3 is 19.5 Å². The molecule has 9 heteroatoms. The summed E-state index contributed by atoms with van der Waals surface area (Å²) in [6.45, 7) is 2.35. The molecule has 0 spiro atoms. The molecule has 1 saturated heterocycles. The Morgan fingerprint density at radius 1 is 1.11 bits per heavy atom. The molecule has 0 saturated carbocycles. The highest BCUT2D eigenvalue weighted by atomic mass is 35.5. The van der Waals surface area contributed by atoms with Crippen LogP contribution in [0.15, 0.2) is 53.3 Å². The predicted molar refractivity (Wildman–Crippen MR) is 101 cm³/mol. The number of benzene rings is 1. The van der Waals surface area contributed by atoms with Gasteiger partial charge >= 0.3 is 0 Å². The van der Waals surface area contributed by atoms with E-state index in [1.165, 1.54) is 6.26 Å². The van der Waals surface area contributed by atoms with E-state index in [0.29, 0.717) is 48.7 Å². The zero-order chi connectivity index (χ0) is 18.6. The number of anilines is 3. The van der Waals surface area contributed by atoms with Crippen LogP contribution in [0.3, 0.4) is 0 Å². The van der Waals surface area contributed by atoms with Crippen LogP contribution in [0.25, 0.3) is 0 Å². The van der Waals surface area contributed by atoms with E-state index in [0.717, 1.165) is 5.69 Å². The summed E-state index contributed by atoms with van der Waals surface area (Å²) in [6, 6.07) is 10.8. The molecular weight excluding hydrogens is 368 g/mol. The van der Waals surface area contributed by atoms with Crippen molar-refractivity contribution in [2.24, 2.45) is 0 Å². The number of halogens is 1. The van der Waals surface area contributed by atoms with E-state index in [2.05, 4.69) is 20.5 Å². The van der Waals surface area contributed by atoms with Gasteiger partial charge in [-0.3, -0.25) is 4.79 Å². The van der Waals surface area contributed by atoms with Crippen LogP contribution in [0.1, 0.15) is 10.6 Å². The van der Waals surface area contributed by atoms with Gasteiger partial charge in [0.2, 0.25) is 5.95 Å². The highest BCUT2D eigenvalue weighted by Crippen LogP contribution is 2.24. The Balaban J connectivity index is 1.41. The molecule has 1 N–H and O–H groups in total. The van der Waals surface area contributed by atoms with Gasteiger partial charge in [-0.05, 0) is 24.3 Å². The first kappa shape index (κ1) is 17.3. The highest BCUT2D eigenvalue weighted by Gasteiger charge is 2.25. The van der Waals surface area contributed by atoms with Crippen LogP contribution in [0.5, 0.6) is 0 Å². The van der Waals surface area contributed by atoms with E-state index < -0.39 is 0 Å². The largest absolute Gasteiger partial charge is 0.459 e. The van der Waals surface area contributed by atoms with Crippen molar-refractivity contribution in [1.82, 2.24) is 20.1 Å². The number of hydrogen-bond acceptors (Lipinski definition) is 7. The molecule has 2 aromatic heterocycles. The van der Waals surface area contributed by atoms with Gasteiger partial charge in [-0.1, -0.05) is 23.7 Å². The molecule has 4 rings (SSSR count). The van der Waals surface area contributed by atoms with E-state index in [1.807, 2.05) is 23.1 Å². The first-order chi connectivity index (χ1) is 13.2. The van der Waals surface area contributed by atoms with E-state index in [1.54, 1.807) is 29.3 Å². The number of nitrogens with one attached hydrogen (secondary N) is 1. The Labute approximate surface area is 160 Å². The Hall–Kier alpha value is -3.13. The molecule has 0 radical (unpaired) electrons. The maximum Gasteiger partial charge on any atom is 0.289 e. The van der Waals surface area contributed by atoms with Crippen molar-refractivity contribution in [3.63, 3.8) is 0 Å². The second-order valence-electron chi connectivity index (χ2n) is 6.00. The normalized spacial score (nSPS) is 14.3. The van der Waals surface area contributed by atoms with Gasteiger partial charge in [0.25, 0.3) is 5.91 Å². The van der Waals surface area contributed by atoms with E-state index in [4.69, 9.17) is 16.0 Å². The summed E-state index contributed by atoms with van der Waals surface area (Å²) >= 11 is 6.17. The van der Waals surface area contributed by atoms with Crippen molar-refractivity contribution in [1.29, 1.82) is 0 Å². The van der Waals surface area contributed by atoms with E-state index in [9.17, 15) is 4.79 Å². The molecule has 0 atom stereocenters. The number of carbonyl (C=O) groups is 1. The third-order valence-corrected chi connectivity index (χ3v) is 4.60. The summed E-state index contributed by atoms with van der Waals surface area (Å²) in [7, 11) is 0. The van der Waals surface area contributed by atoms with Crippen LogP contribution in [0, 0.1) is 0 Å². The molecule has 1 amide bonds. The number of aromatic nitrogens is 3. The molecule has 3 aromatic rings. The quantitative estimate of drug-likeness (QED) is 0.739. The minimum Gasteiger partial charge on any atom is -0.459 e. The standard InChI is InChI=1S/C18H17ClN6O2/c19-13-4-1-2-5-14(13)21-16-12-20-23-18(22-16)25-9-7-24(8-10-25)17(26)15-6-3-11-27-15/h1-6,11-12H,7-10H2,(H,21,22,23).